The third-order valence-corrected chi connectivity index (χ3v) is 7.30. The Labute approximate surface area is 173 Å². The minimum absolute atomic E-state index is 0.184. The molecule has 1 aliphatic rings. The second-order valence-corrected chi connectivity index (χ2v) is 9.75. The molecule has 5 nitrogen and oxygen atoms in total. The van der Waals surface area contributed by atoms with E-state index < -0.39 is 10.0 Å². The highest BCUT2D eigenvalue weighted by molar-refractivity contribution is 9.10. The molecule has 2 aromatic carbocycles. The molecular formula is C19H20BrClN2O3S. The molecule has 1 heterocycles. The fraction of sp³-hybridized carbons (Fsp3) is 0.316. The molecule has 1 fully saturated rings. The zero-order valence-electron chi connectivity index (χ0n) is 14.9. The summed E-state index contributed by atoms with van der Waals surface area (Å²) in [4.78, 5) is 14.8. The first kappa shape index (κ1) is 20.3. The molecule has 0 N–H and O–H groups in total. The van der Waals surface area contributed by atoms with E-state index in [-0.39, 0.29) is 17.3 Å². The van der Waals surface area contributed by atoms with Gasteiger partial charge in [0.25, 0.3) is 5.91 Å². The Kier molecular flexibility index (Phi) is 6.25. The number of hydrogen-bond donors (Lipinski definition) is 0. The molecule has 0 saturated carbocycles. The summed E-state index contributed by atoms with van der Waals surface area (Å²) >= 11 is 9.52. The Bertz CT molecular complexity index is 948. The topological polar surface area (TPSA) is 57.7 Å². The maximum absolute atomic E-state index is 12.9. The lowest BCUT2D eigenvalue weighted by atomic mass is 10.2. The number of halogens is 2. The molecule has 0 radical (unpaired) electrons. The van der Waals surface area contributed by atoms with Crippen molar-refractivity contribution in [2.24, 2.45) is 0 Å². The highest BCUT2D eigenvalue weighted by Crippen LogP contribution is 2.24. The van der Waals surface area contributed by atoms with E-state index in [9.17, 15) is 13.2 Å². The summed E-state index contributed by atoms with van der Waals surface area (Å²) in [6, 6.07) is 12.0. The molecule has 27 heavy (non-hydrogen) atoms. The van der Waals surface area contributed by atoms with Crippen LogP contribution in [0.3, 0.4) is 0 Å². The van der Waals surface area contributed by atoms with Crippen LogP contribution >= 0.6 is 27.5 Å². The van der Waals surface area contributed by atoms with Gasteiger partial charge < -0.3 is 4.90 Å². The van der Waals surface area contributed by atoms with Crippen molar-refractivity contribution in [3.63, 3.8) is 0 Å². The van der Waals surface area contributed by atoms with E-state index in [1.807, 2.05) is 6.92 Å². The number of carbonyl (C=O) groups is 1. The number of nitrogens with zero attached hydrogens (tertiary/aromatic N) is 2. The van der Waals surface area contributed by atoms with E-state index in [0.29, 0.717) is 36.6 Å². The zero-order chi connectivity index (χ0) is 19.6. The smallest absolute Gasteiger partial charge is 0.255 e. The van der Waals surface area contributed by atoms with Crippen molar-refractivity contribution in [3.05, 3.63) is 63.1 Å². The SMILES string of the molecule is Cc1ccc(S(=O)(=O)N2CCCN(C(=O)c3cc(Br)ccc3Cl)CC2)cc1. The highest BCUT2D eigenvalue weighted by Gasteiger charge is 2.29. The van der Waals surface area contributed by atoms with Crippen LogP contribution in [-0.4, -0.2) is 49.7 Å². The molecule has 0 aliphatic carbocycles. The average Bonchev–Trinajstić information content (AvgIpc) is 2.90. The van der Waals surface area contributed by atoms with Crippen LogP contribution in [0.5, 0.6) is 0 Å². The van der Waals surface area contributed by atoms with Gasteiger partial charge in [-0.25, -0.2) is 8.42 Å². The number of amides is 1. The van der Waals surface area contributed by atoms with Gasteiger partial charge in [0, 0.05) is 30.7 Å². The summed E-state index contributed by atoms with van der Waals surface area (Å²) < 4.78 is 28.0. The Hall–Kier alpha value is -1.41. The van der Waals surface area contributed by atoms with E-state index in [4.69, 9.17) is 11.6 Å². The van der Waals surface area contributed by atoms with Crippen LogP contribution in [0.1, 0.15) is 22.3 Å². The number of hydrogen-bond acceptors (Lipinski definition) is 3. The van der Waals surface area contributed by atoms with Crippen molar-refractivity contribution in [1.29, 1.82) is 0 Å². The molecule has 0 bridgehead atoms. The molecule has 0 spiro atoms. The van der Waals surface area contributed by atoms with Crippen LogP contribution in [0.25, 0.3) is 0 Å². The third-order valence-electron chi connectivity index (χ3n) is 4.56. The zero-order valence-corrected chi connectivity index (χ0v) is 18.0. The maximum atomic E-state index is 12.9. The minimum Gasteiger partial charge on any atom is -0.337 e. The van der Waals surface area contributed by atoms with E-state index in [0.717, 1.165) is 10.0 Å². The number of aryl methyl sites for hydroxylation is 1. The van der Waals surface area contributed by atoms with Crippen molar-refractivity contribution in [2.45, 2.75) is 18.2 Å². The van der Waals surface area contributed by atoms with Gasteiger partial charge in [-0.05, 0) is 43.7 Å². The van der Waals surface area contributed by atoms with Gasteiger partial charge in [0.2, 0.25) is 10.0 Å². The molecule has 0 unspecified atom stereocenters. The van der Waals surface area contributed by atoms with Crippen molar-refractivity contribution >= 4 is 43.5 Å². The van der Waals surface area contributed by atoms with Crippen LogP contribution in [-0.2, 0) is 10.0 Å². The van der Waals surface area contributed by atoms with E-state index in [2.05, 4.69) is 15.9 Å². The maximum Gasteiger partial charge on any atom is 0.255 e. The quantitative estimate of drug-likeness (QED) is 0.681. The van der Waals surface area contributed by atoms with Crippen molar-refractivity contribution in [1.82, 2.24) is 9.21 Å². The summed E-state index contributed by atoms with van der Waals surface area (Å²) in [6.07, 6.45) is 0.572. The largest absolute Gasteiger partial charge is 0.337 e. The number of benzene rings is 2. The van der Waals surface area contributed by atoms with E-state index >= 15 is 0 Å². The van der Waals surface area contributed by atoms with Crippen LogP contribution in [0.2, 0.25) is 5.02 Å². The first-order valence-corrected chi connectivity index (χ1v) is 11.2. The third kappa shape index (κ3) is 4.54. The predicted molar refractivity (Wildman–Crippen MR) is 110 cm³/mol. The summed E-state index contributed by atoms with van der Waals surface area (Å²) in [5, 5.41) is 0.386. The lowest BCUT2D eigenvalue weighted by Gasteiger charge is -2.22. The van der Waals surface area contributed by atoms with Crippen LogP contribution in [0.15, 0.2) is 51.8 Å². The standard InChI is InChI=1S/C19H20BrClN2O3S/c1-14-3-6-16(7-4-14)27(25,26)23-10-2-9-22(11-12-23)19(24)17-13-15(20)5-8-18(17)21/h3-8,13H,2,9-12H2,1H3. The van der Waals surface area contributed by atoms with Gasteiger partial charge in [0.1, 0.15) is 0 Å². The molecule has 2 aromatic rings. The van der Waals surface area contributed by atoms with E-state index in [1.165, 1.54) is 4.31 Å². The Morgan fingerprint density at radius 1 is 1.04 bits per heavy atom. The molecule has 1 aliphatic heterocycles. The van der Waals surface area contributed by atoms with Crippen LogP contribution in [0, 0.1) is 6.92 Å². The molecule has 0 aromatic heterocycles. The van der Waals surface area contributed by atoms with Gasteiger partial charge >= 0.3 is 0 Å². The Balaban J connectivity index is 1.76. The normalized spacial score (nSPS) is 16.2. The Morgan fingerprint density at radius 3 is 2.44 bits per heavy atom. The lowest BCUT2D eigenvalue weighted by molar-refractivity contribution is 0.0764. The first-order chi connectivity index (χ1) is 12.8. The van der Waals surface area contributed by atoms with Gasteiger partial charge in [-0.3, -0.25) is 4.79 Å². The second kappa shape index (κ2) is 8.31. The fourth-order valence-electron chi connectivity index (χ4n) is 3.03. The Morgan fingerprint density at radius 2 is 1.74 bits per heavy atom. The summed E-state index contributed by atoms with van der Waals surface area (Å²) in [7, 11) is -3.57. The molecule has 3 rings (SSSR count). The molecule has 144 valence electrons. The van der Waals surface area contributed by atoms with Gasteiger partial charge in [-0.1, -0.05) is 45.2 Å². The van der Waals surface area contributed by atoms with Gasteiger partial charge in [0.05, 0.1) is 15.5 Å². The second-order valence-electron chi connectivity index (χ2n) is 6.49. The average molecular weight is 472 g/mol. The minimum atomic E-state index is -3.57. The number of sulfonamides is 1. The highest BCUT2D eigenvalue weighted by atomic mass is 79.9. The predicted octanol–water partition coefficient (Wildman–Crippen LogP) is 3.95. The number of rotatable bonds is 3. The molecule has 1 saturated heterocycles. The molecule has 1 amide bonds. The summed E-state index contributed by atoms with van der Waals surface area (Å²) in [6.45, 7) is 3.37. The molecule has 0 atom stereocenters. The van der Waals surface area contributed by atoms with Gasteiger partial charge in [-0.15, -0.1) is 0 Å². The van der Waals surface area contributed by atoms with Crippen molar-refractivity contribution in [2.75, 3.05) is 26.2 Å². The monoisotopic (exact) mass is 470 g/mol. The molecular weight excluding hydrogens is 452 g/mol. The summed E-state index contributed by atoms with van der Waals surface area (Å²) in [5.41, 5.74) is 1.42. The van der Waals surface area contributed by atoms with Crippen LogP contribution in [0.4, 0.5) is 0 Å². The summed E-state index contributed by atoms with van der Waals surface area (Å²) in [5.74, 6) is -0.184. The van der Waals surface area contributed by atoms with Crippen molar-refractivity contribution < 1.29 is 13.2 Å². The molecule has 8 heteroatoms. The van der Waals surface area contributed by atoms with Crippen molar-refractivity contribution in [3.8, 4) is 0 Å². The van der Waals surface area contributed by atoms with Gasteiger partial charge in [-0.2, -0.15) is 4.31 Å². The fourth-order valence-corrected chi connectivity index (χ4v) is 5.06. The first-order valence-electron chi connectivity index (χ1n) is 8.60. The number of carbonyl (C=O) groups excluding carboxylic acids is 1. The van der Waals surface area contributed by atoms with Crippen LogP contribution < -0.4 is 0 Å². The van der Waals surface area contributed by atoms with Gasteiger partial charge in [0.15, 0.2) is 0 Å². The lowest BCUT2D eigenvalue weighted by Crippen LogP contribution is -2.37. The van der Waals surface area contributed by atoms with E-state index in [1.54, 1.807) is 47.4 Å².